The average molecular weight is 280 g/mol. The molecule has 0 saturated carbocycles. The average Bonchev–Trinajstić information content (AvgIpc) is 2.46. The zero-order chi connectivity index (χ0) is 14.4. The van der Waals surface area contributed by atoms with Crippen LogP contribution < -0.4 is 10.1 Å². The van der Waals surface area contributed by atoms with Gasteiger partial charge in [0.1, 0.15) is 18.3 Å². The molecule has 1 N–H and O–H groups in total. The number of carbonyl (C=O) groups excluding carboxylic acids is 1. The van der Waals surface area contributed by atoms with Crippen molar-refractivity contribution < 1.29 is 19.0 Å². The molecule has 110 valence electrons. The van der Waals surface area contributed by atoms with E-state index in [4.69, 9.17) is 14.2 Å². The molecule has 0 aliphatic carbocycles. The second kappa shape index (κ2) is 7.21. The Labute approximate surface area is 118 Å². The summed E-state index contributed by atoms with van der Waals surface area (Å²) in [6, 6.07) is 3.32. The van der Waals surface area contributed by atoms with Crippen LogP contribution in [0, 0.1) is 0 Å². The predicted octanol–water partition coefficient (Wildman–Crippen LogP) is 1.01. The Morgan fingerprint density at radius 2 is 2.40 bits per heavy atom. The van der Waals surface area contributed by atoms with Crippen LogP contribution in [0.5, 0.6) is 5.88 Å². The number of hydrogen-bond donors (Lipinski definition) is 1. The van der Waals surface area contributed by atoms with Crippen LogP contribution in [0.3, 0.4) is 0 Å². The SMILES string of the molecule is CCOC(=O)c1cccnc1OCC1CNCC(C)O1. The van der Waals surface area contributed by atoms with Gasteiger partial charge in [-0.1, -0.05) is 0 Å². The highest BCUT2D eigenvalue weighted by Crippen LogP contribution is 2.16. The monoisotopic (exact) mass is 280 g/mol. The van der Waals surface area contributed by atoms with Gasteiger partial charge >= 0.3 is 5.97 Å². The lowest BCUT2D eigenvalue weighted by Crippen LogP contribution is -2.46. The van der Waals surface area contributed by atoms with Crippen LogP contribution in [-0.4, -0.2) is 49.5 Å². The number of morpholine rings is 1. The fourth-order valence-corrected chi connectivity index (χ4v) is 2.01. The van der Waals surface area contributed by atoms with E-state index in [0.717, 1.165) is 13.1 Å². The van der Waals surface area contributed by atoms with Gasteiger partial charge in [-0.2, -0.15) is 0 Å². The van der Waals surface area contributed by atoms with Gasteiger partial charge in [0.15, 0.2) is 0 Å². The molecule has 1 aromatic heterocycles. The molecule has 2 heterocycles. The lowest BCUT2D eigenvalue weighted by Gasteiger charge is -2.28. The first-order valence-electron chi connectivity index (χ1n) is 6.81. The standard InChI is InChI=1S/C14H20N2O4/c1-3-18-14(17)12-5-4-6-16-13(12)19-9-11-8-15-7-10(2)20-11/h4-6,10-11,15H,3,7-9H2,1-2H3. The van der Waals surface area contributed by atoms with Crippen LogP contribution in [0.1, 0.15) is 24.2 Å². The summed E-state index contributed by atoms with van der Waals surface area (Å²) in [5.41, 5.74) is 0.339. The van der Waals surface area contributed by atoms with Crippen LogP contribution in [0.2, 0.25) is 0 Å². The van der Waals surface area contributed by atoms with Gasteiger partial charge in [0, 0.05) is 19.3 Å². The maximum Gasteiger partial charge on any atom is 0.343 e. The maximum atomic E-state index is 11.8. The highest BCUT2D eigenvalue weighted by Gasteiger charge is 2.21. The molecule has 0 spiro atoms. The van der Waals surface area contributed by atoms with E-state index in [0.29, 0.717) is 18.8 Å². The number of nitrogens with one attached hydrogen (secondary N) is 1. The van der Waals surface area contributed by atoms with Crippen molar-refractivity contribution in [2.45, 2.75) is 26.1 Å². The predicted molar refractivity (Wildman–Crippen MR) is 72.9 cm³/mol. The Morgan fingerprint density at radius 3 is 3.15 bits per heavy atom. The summed E-state index contributed by atoms with van der Waals surface area (Å²) in [5, 5.41) is 3.26. The molecule has 6 heteroatoms. The highest BCUT2D eigenvalue weighted by atomic mass is 16.6. The second-order valence-corrected chi connectivity index (χ2v) is 4.61. The molecule has 20 heavy (non-hydrogen) atoms. The summed E-state index contributed by atoms with van der Waals surface area (Å²) in [6.45, 7) is 6.00. The zero-order valence-corrected chi connectivity index (χ0v) is 11.8. The molecular formula is C14H20N2O4. The highest BCUT2D eigenvalue weighted by molar-refractivity contribution is 5.91. The summed E-state index contributed by atoms with van der Waals surface area (Å²) in [5.74, 6) is -0.139. The molecule has 0 aromatic carbocycles. The number of nitrogens with zero attached hydrogens (tertiary/aromatic N) is 1. The minimum atomic E-state index is -0.424. The van der Waals surface area contributed by atoms with Gasteiger partial charge in [-0.25, -0.2) is 9.78 Å². The van der Waals surface area contributed by atoms with Gasteiger partial charge in [-0.05, 0) is 26.0 Å². The van der Waals surface area contributed by atoms with Gasteiger partial charge in [-0.3, -0.25) is 0 Å². The second-order valence-electron chi connectivity index (χ2n) is 4.61. The molecule has 6 nitrogen and oxygen atoms in total. The Hall–Kier alpha value is -1.66. The molecule has 2 rings (SSSR count). The minimum absolute atomic E-state index is 0.0456. The Kier molecular flexibility index (Phi) is 5.31. The molecule has 1 fully saturated rings. The molecule has 1 aliphatic rings. The number of pyridine rings is 1. The molecule has 1 aliphatic heterocycles. The third-order valence-corrected chi connectivity index (χ3v) is 2.90. The zero-order valence-electron chi connectivity index (χ0n) is 11.8. The van der Waals surface area contributed by atoms with E-state index in [9.17, 15) is 4.79 Å². The summed E-state index contributed by atoms with van der Waals surface area (Å²) >= 11 is 0. The summed E-state index contributed by atoms with van der Waals surface area (Å²) in [4.78, 5) is 15.9. The van der Waals surface area contributed by atoms with Gasteiger partial charge < -0.3 is 19.5 Å². The van der Waals surface area contributed by atoms with Gasteiger partial charge in [-0.15, -0.1) is 0 Å². The first-order valence-corrected chi connectivity index (χ1v) is 6.81. The number of carbonyl (C=O) groups is 1. The smallest absolute Gasteiger partial charge is 0.343 e. The van der Waals surface area contributed by atoms with E-state index in [-0.39, 0.29) is 18.1 Å². The third kappa shape index (κ3) is 3.91. The number of rotatable bonds is 5. The van der Waals surface area contributed by atoms with Crippen LogP contribution in [0.15, 0.2) is 18.3 Å². The molecule has 2 unspecified atom stereocenters. The van der Waals surface area contributed by atoms with E-state index in [1.165, 1.54) is 0 Å². The summed E-state index contributed by atoms with van der Waals surface area (Å²) in [6.07, 6.45) is 1.70. The van der Waals surface area contributed by atoms with Crippen molar-refractivity contribution in [1.82, 2.24) is 10.3 Å². The van der Waals surface area contributed by atoms with Crippen molar-refractivity contribution in [3.8, 4) is 5.88 Å². The van der Waals surface area contributed by atoms with Gasteiger partial charge in [0.2, 0.25) is 5.88 Å². The molecule has 0 bridgehead atoms. The Balaban J connectivity index is 1.96. The van der Waals surface area contributed by atoms with Crippen LogP contribution in [0.25, 0.3) is 0 Å². The maximum absolute atomic E-state index is 11.8. The molecule has 1 aromatic rings. The molecule has 0 radical (unpaired) electrons. The van der Waals surface area contributed by atoms with Crippen molar-refractivity contribution in [2.75, 3.05) is 26.3 Å². The minimum Gasteiger partial charge on any atom is -0.474 e. The van der Waals surface area contributed by atoms with E-state index < -0.39 is 5.97 Å². The Bertz CT molecular complexity index is 453. The van der Waals surface area contributed by atoms with E-state index in [1.807, 2.05) is 6.92 Å². The van der Waals surface area contributed by atoms with Crippen LogP contribution in [-0.2, 0) is 9.47 Å². The van der Waals surface area contributed by atoms with Crippen molar-refractivity contribution >= 4 is 5.97 Å². The summed E-state index contributed by atoms with van der Waals surface area (Å²) in [7, 11) is 0. The lowest BCUT2D eigenvalue weighted by molar-refractivity contribution is -0.0478. The molecule has 2 atom stereocenters. The Morgan fingerprint density at radius 1 is 1.55 bits per heavy atom. The van der Waals surface area contributed by atoms with Crippen molar-refractivity contribution in [3.63, 3.8) is 0 Å². The molecule has 1 saturated heterocycles. The normalized spacial score (nSPS) is 22.3. The fourth-order valence-electron chi connectivity index (χ4n) is 2.01. The van der Waals surface area contributed by atoms with E-state index >= 15 is 0 Å². The van der Waals surface area contributed by atoms with E-state index in [2.05, 4.69) is 10.3 Å². The van der Waals surface area contributed by atoms with Crippen molar-refractivity contribution in [1.29, 1.82) is 0 Å². The quantitative estimate of drug-likeness (QED) is 0.812. The van der Waals surface area contributed by atoms with Crippen LogP contribution in [0.4, 0.5) is 0 Å². The third-order valence-electron chi connectivity index (χ3n) is 2.90. The largest absolute Gasteiger partial charge is 0.474 e. The fraction of sp³-hybridized carbons (Fsp3) is 0.571. The number of aromatic nitrogens is 1. The van der Waals surface area contributed by atoms with Crippen molar-refractivity contribution in [2.24, 2.45) is 0 Å². The number of esters is 1. The number of ether oxygens (including phenoxy) is 3. The van der Waals surface area contributed by atoms with Crippen molar-refractivity contribution in [3.05, 3.63) is 23.9 Å². The first-order chi connectivity index (χ1) is 9.70. The first kappa shape index (κ1) is 14.7. The topological polar surface area (TPSA) is 69.7 Å². The van der Waals surface area contributed by atoms with E-state index in [1.54, 1.807) is 25.3 Å². The number of hydrogen-bond acceptors (Lipinski definition) is 6. The van der Waals surface area contributed by atoms with Gasteiger partial charge in [0.25, 0.3) is 0 Å². The van der Waals surface area contributed by atoms with Crippen LogP contribution >= 0.6 is 0 Å². The molecule has 0 amide bonds. The summed E-state index contributed by atoms with van der Waals surface area (Å²) < 4.78 is 16.3. The lowest BCUT2D eigenvalue weighted by atomic mass is 10.2. The van der Waals surface area contributed by atoms with Gasteiger partial charge in [0.05, 0.1) is 12.7 Å². The molecular weight excluding hydrogens is 260 g/mol.